The second-order valence-corrected chi connectivity index (χ2v) is 3.51. The summed E-state index contributed by atoms with van der Waals surface area (Å²) in [5.74, 6) is 2.00. The third-order valence-corrected chi connectivity index (χ3v) is 2.09. The van der Waals surface area contributed by atoms with Crippen molar-refractivity contribution in [1.82, 2.24) is 10.1 Å². The third kappa shape index (κ3) is 2.39. The second-order valence-electron chi connectivity index (χ2n) is 3.51. The van der Waals surface area contributed by atoms with Crippen molar-refractivity contribution in [1.29, 1.82) is 0 Å². The Morgan fingerprint density at radius 2 is 2.25 bits per heavy atom. The van der Waals surface area contributed by atoms with Crippen molar-refractivity contribution in [2.24, 2.45) is 0 Å². The van der Waals surface area contributed by atoms with Gasteiger partial charge in [-0.15, -0.1) is 0 Å². The van der Waals surface area contributed by atoms with Crippen LogP contribution in [0.1, 0.15) is 19.2 Å². The van der Waals surface area contributed by atoms with Gasteiger partial charge in [-0.1, -0.05) is 24.2 Å². The number of hydrogen-bond donors (Lipinski definition) is 0. The standard InChI is InChI=1S/C12H14N2O2/c1-3-7-15-11-6-4-5-10(8-11)12-13-9(2)16-14-12/h4-6,8H,3,7H2,1-2H3. The van der Waals surface area contributed by atoms with Crippen LogP contribution in [0.3, 0.4) is 0 Å². The van der Waals surface area contributed by atoms with Gasteiger partial charge in [0, 0.05) is 12.5 Å². The molecular formula is C12H14N2O2. The zero-order chi connectivity index (χ0) is 11.4. The molecule has 0 spiro atoms. The van der Waals surface area contributed by atoms with Gasteiger partial charge in [0.25, 0.3) is 0 Å². The smallest absolute Gasteiger partial charge is 0.223 e. The number of nitrogens with zero attached hydrogens (tertiary/aromatic N) is 2. The molecular weight excluding hydrogens is 204 g/mol. The molecule has 1 aromatic heterocycles. The molecule has 1 heterocycles. The third-order valence-electron chi connectivity index (χ3n) is 2.09. The molecule has 0 saturated heterocycles. The van der Waals surface area contributed by atoms with Gasteiger partial charge in [-0.05, 0) is 18.6 Å². The number of aromatic nitrogens is 2. The minimum absolute atomic E-state index is 0.565. The molecule has 84 valence electrons. The maximum absolute atomic E-state index is 5.54. The summed E-state index contributed by atoms with van der Waals surface area (Å²) in [5.41, 5.74) is 0.908. The molecule has 0 N–H and O–H groups in total. The molecule has 0 radical (unpaired) electrons. The largest absolute Gasteiger partial charge is 0.494 e. The molecule has 1 aromatic carbocycles. The summed E-state index contributed by atoms with van der Waals surface area (Å²) < 4.78 is 10.5. The van der Waals surface area contributed by atoms with E-state index in [0.29, 0.717) is 18.3 Å². The molecule has 2 rings (SSSR count). The van der Waals surface area contributed by atoms with E-state index in [0.717, 1.165) is 17.7 Å². The minimum Gasteiger partial charge on any atom is -0.494 e. The van der Waals surface area contributed by atoms with Crippen LogP contribution in [0.15, 0.2) is 28.8 Å². The fourth-order valence-electron chi connectivity index (χ4n) is 1.36. The van der Waals surface area contributed by atoms with Gasteiger partial charge in [0.05, 0.1) is 6.61 Å². The summed E-state index contributed by atoms with van der Waals surface area (Å²) in [7, 11) is 0. The number of ether oxygens (including phenoxy) is 1. The van der Waals surface area contributed by atoms with Crippen molar-refractivity contribution in [2.45, 2.75) is 20.3 Å². The highest BCUT2D eigenvalue weighted by atomic mass is 16.5. The van der Waals surface area contributed by atoms with Crippen molar-refractivity contribution in [3.05, 3.63) is 30.2 Å². The highest BCUT2D eigenvalue weighted by Gasteiger charge is 2.06. The lowest BCUT2D eigenvalue weighted by atomic mass is 10.2. The Hall–Kier alpha value is -1.84. The quantitative estimate of drug-likeness (QED) is 0.791. The molecule has 0 aliphatic rings. The number of hydrogen-bond acceptors (Lipinski definition) is 4. The Kier molecular flexibility index (Phi) is 3.19. The average Bonchev–Trinajstić information content (AvgIpc) is 2.74. The van der Waals surface area contributed by atoms with Gasteiger partial charge in [-0.3, -0.25) is 0 Å². The Morgan fingerprint density at radius 1 is 1.38 bits per heavy atom. The minimum atomic E-state index is 0.565. The lowest BCUT2D eigenvalue weighted by Crippen LogP contribution is -1.94. The van der Waals surface area contributed by atoms with Gasteiger partial charge in [0.1, 0.15) is 5.75 Å². The highest BCUT2D eigenvalue weighted by Crippen LogP contribution is 2.21. The van der Waals surface area contributed by atoms with Crippen LogP contribution in [-0.4, -0.2) is 16.7 Å². The monoisotopic (exact) mass is 218 g/mol. The van der Waals surface area contributed by atoms with Gasteiger partial charge < -0.3 is 9.26 Å². The van der Waals surface area contributed by atoms with Gasteiger partial charge >= 0.3 is 0 Å². The summed E-state index contributed by atoms with van der Waals surface area (Å²) >= 11 is 0. The fraction of sp³-hybridized carbons (Fsp3) is 0.333. The zero-order valence-electron chi connectivity index (χ0n) is 9.43. The highest BCUT2D eigenvalue weighted by molar-refractivity contribution is 5.56. The molecule has 0 unspecified atom stereocenters. The van der Waals surface area contributed by atoms with Crippen LogP contribution >= 0.6 is 0 Å². The molecule has 0 bridgehead atoms. The van der Waals surface area contributed by atoms with E-state index in [1.807, 2.05) is 24.3 Å². The van der Waals surface area contributed by atoms with Crippen molar-refractivity contribution >= 4 is 0 Å². The molecule has 4 heteroatoms. The summed E-state index contributed by atoms with van der Waals surface area (Å²) in [6.07, 6.45) is 0.992. The van der Waals surface area contributed by atoms with Gasteiger partial charge in [0.2, 0.25) is 11.7 Å². The maximum Gasteiger partial charge on any atom is 0.223 e. The zero-order valence-corrected chi connectivity index (χ0v) is 9.43. The van der Waals surface area contributed by atoms with Gasteiger partial charge in [0.15, 0.2) is 0 Å². The molecule has 0 amide bonds. The first-order chi connectivity index (χ1) is 7.79. The predicted octanol–water partition coefficient (Wildman–Crippen LogP) is 2.83. The van der Waals surface area contributed by atoms with E-state index < -0.39 is 0 Å². The first kappa shape index (κ1) is 10.7. The van der Waals surface area contributed by atoms with Crippen LogP contribution < -0.4 is 4.74 Å². The maximum atomic E-state index is 5.54. The summed E-state index contributed by atoms with van der Waals surface area (Å²) in [6, 6.07) is 7.70. The van der Waals surface area contributed by atoms with E-state index >= 15 is 0 Å². The molecule has 0 aliphatic carbocycles. The molecule has 16 heavy (non-hydrogen) atoms. The molecule has 0 fully saturated rings. The molecule has 0 saturated carbocycles. The summed E-state index contributed by atoms with van der Waals surface area (Å²) in [5, 5.41) is 3.87. The first-order valence-electron chi connectivity index (χ1n) is 5.33. The first-order valence-corrected chi connectivity index (χ1v) is 5.33. The van der Waals surface area contributed by atoms with Crippen LogP contribution in [0.25, 0.3) is 11.4 Å². The Balaban J connectivity index is 2.22. The van der Waals surface area contributed by atoms with Crippen LogP contribution in [0.5, 0.6) is 5.75 Å². The van der Waals surface area contributed by atoms with E-state index in [1.165, 1.54) is 0 Å². The normalized spacial score (nSPS) is 10.4. The molecule has 4 nitrogen and oxygen atoms in total. The average molecular weight is 218 g/mol. The topological polar surface area (TPSA) is 48.2 Å². The van der Waals surface area contributed by atoms with Crippen LogP contribution in [0.4, 0.5) is 0 Å². The van der Waals surface area contributed by atoms with E-state index in [2.05, 4.69) is 17.1 Å². The van der Waals surface area contributed by atoms with Crippen molar-refractivity contribution in [3.8, 4) is 17.1 Å². The summed E-state index contributed by atoms with van der Waals surface area (Å²) in [6.45, 7) is 4.56. The van der Waals surface area contributed by atoms with E-state index in [4.69, 9.17) is 9.26 Å². The van der Waals surface area contributed by atoms with Crippen LogP contribution in [-0.2, 0) is 0 Å². The lowest BCUT2D eigenvalue weighted by Gasteiger charge is -2.04. The van der Waals surface area contributed by atoms with Gasteiger partial charge in [-0.25, -0.2) is 0 Å². The second kappa shape index (κ2) is 4.79. The number of benzene rings is 1. The van der Waals surface area contributed by atoms with Crippen LogP contribution in [0, 0.1) is 6.92 Å². The summed E-state index contributed by atoms with van der Waals surface area (Å²) in [4.78, 5) is 4.17. The Labute approximate surface area is 94.2 Å². The Bertz CT molecular complexity index is 466. The molecule has 0 aliphatic heterocycles. The van der Waals surface area contributed by atoms with E-state index in [-0.39, 0.29) is 0 Å². The van der Waals surface area contributed by atoms with Crippen molar-refractivity contribution in [2.75, 3.05) is 6.61 Å². The van der Waals surface area contributed by atoms with E-state index in [1.54, 1.807) is 6.92 Å². The lowest BCUT2D eigenvalue weighted by molar-refractivity contribution is 0.317. The predicted molar refractivity (Wildman–Crippen MR) is 60.3 cm³/mol. The van der Waals surface area contributed by atoms with Gasteiger partial charge in [-0.2, -0.15) is 4.98 Å². The van der Waals surface area contributed by atoms with E-state index in [9.17, 15) is 0 Å². The number of aryl methyl sites for hydroxylation is 1. The SMILES string of the molecule is CCCOc1cccc(-c2noc(C)n2)c1. The van der Waals surface area contributed by atoms with Crippen molar-refractivity contribution in [3.63, 3.8) is 0 Å². The fourth-order valence-corrected chi connectivity index (χ4v) is 1.36. The van der Waals surface area contributed by atoms with Crippen LogP contribution in [0.2, 0.25) is 0 Å². The number of rotatable bonds is 4. The Morgan fingerprint density at radius 3 is 2.94 bits per heavy atom. The van der Waals surface area contributed by atoms with Crippen molar-refractivity contribution < 1.29 is 9.26 Å². The molecule has 0 atom stereocenters. The molecule has 2 aromatic rings.